The van der Waals surface area contributed by atoms with Crippen LogP contribution in [-0.4, -0.2) is 31.7 Å². The highest BCUT2D eigenvalue weighted by Gasteiger charge is 2.37. The van der Waals surface area contributed by atoms with E-state index in [1.54, 1.807) is 24.3 Å². The van der Waals surface area contributed by atoms with E-state index in [1.807, 2.05) is 24.3 Å². The number of halogens is 1. The molecular formula is C21H25BrN2O3S. The first-order chi connectivity index (χ1) is 13.4. The second-order valence-corrected chi connectivity index (χ2v) is 9.75. The maximum Gasteiger partial charge on any atom is 0.243 e. The van der Waals surface area contributed by atoms with Crippen molar-refractivity contribution in [2.75, 3.05) is 13.1 Å². The van der Waals surface area contributed by atoms with E-state index in [9.17, 15) is 13.2 Å². The van der Waals surface area contributed by atoms with Crippen LogP contribution in [0.4, 0.5) is 0 Å². The summed E-state index contributed by atoms with van der Waals surface area (Å²) in [6.07, 6.45) is 2.67. The van der Waals surface area contributed by atoms with Gasteiger partial charge in [-0.05, 0) is 48.2 Å². The Kier molecular flexibility index (Phi) is 6.91. The first kappa shape index (κ1) is 21.0. The molecule has 3 rings (SSSR count). The topological polar surface area (TPSA) is 66.5 Å². The third-order valence-corrected chi connectivity index (χ3v) is 7.47. The number of hydrogen-bond donors (Lipinski definition) is 1. The van der Waals surface area contributed by atoms with Crippen molar-refractivity contribution < 1.29 is 13.2 Å². The third-order valence-electron chi connectivity index (χ3n) is 5.01. The molecule has 7 heteroatoms. The molecule has 1 atom stereocenters. The fraction of sp³-hybridized carbons (Fsp3) is 0.381. The summed E-state index contributed by atoms with van der Waals surface area (Å²) in [7, 11) is -3.71. The fourth-order valence-electron chi connectivity index (χ4n) is 3.52. The Balaban J connectivity index is 1.92. The lowest BCUT2D eigenvalue weighted by Crippen LogP contribution is -2.42. The van der Waals surface area contributed by atoms with Crippen LogP contribution in [0.5, 0.6) is 0 Å². The monoisotopic (exact) mass is 464 g/mol. The van der Waals surface area contributed by atoms with Crippen LogP contribution in [0.3, 0.4) is 0 Å². The molecule has 2 aromatic rings. The van der Waals surface area contributed by atoms with Gasteiger partial charge in [0.1, 0.15) is 0 Å². The van der Waals surface area contributed by atoms with Crippen molar-refractivity contribution in [1.29, 1.82) is 0 Å². The van der Waals surface area contributed by atoms with E-state index in [-0.39, 0.29) is 17.2 Å². The Morgan fingerprint density at radius 3 is 2.61 bits per heavy atom. The first-order valence-electron chi connectivity index (χ1n) is 9.55. The number of benzene rings is 2. The zero-order chi connectivity index (χ0) is 20.1. The Bertz CT molecular complexity index is 929. The summed E-state index contributed by atoms with van der Waals surface area (Å²) in [6, 6.07) is 13.9. The second-order valence-electron chi connectivity index (χ2n) is 6.94. The number of unbranched alkanes of at least 4 members (excludes halogenated alkanes) is 1. The summed E-state index contributed by atoms with van der Waals surface area (Å²) >= 11 is 3.34. The van der Waals surface area contributed by atoms with E-state index in [2.05, 4.69) is 28.2 Å². The Morgan fingerprint density at radius 2 is 1.89 bits per heavy atom. The molecule has 0 bridgehead atoms. The van der Waals surface area contributed by atoms with E-state index in [0.717, 1.165) is 28.4 Å². The maximum atomic E-state index is 13.3. The van der Waals surface area contributed by atoms with Crippen molar-refractivity contribution in [3.8, 4) is 0 Å². The van der Waals surface area contributed by atoms with Gasteiger partial charge in [-0.3, -0.25) is 4.79 Å². The second kappa shape index (κ2) is 9.20. The van der Waals surface area contributed by atoms with Crippen molar-refractivity contribution in [3.63, 3.8) is 0 Å². The van der Waals surface area contributed by atoms with Crippen LogP contribution < -0.4 is 5.32 Å². The first-order valence-corrected chi connectivity index (χ1v) is 11.8. The summed E-state index contributed by atoms with van der Waals surface area (Å²) in [5.41, 5.74) is 2.02. The quantitative estimate of drug-likeness (QED) is 0.628. The van der Waals surface area contributed by atoms with Crippen molar-refractivity contribution >= 4 is 31.9 Å². The highest BCUT2D eigenvalue weighted by Crippen LogP contribution is 2.36. The van der Waals surface area contributed by atoms with Gasteiger partial charge in [-0.15, -0.1) is 0 Å². The number of carbonyl (C=O) groups is 1. The molecule has 1 N–H and O–H groups in total. The van der Waals surface area contributed by atoms with Crippen LogP contribution in [0.2, 0.25) is 0 Å². The normalized spacial score (nSPS) is 17.1. The molecule has 1 aliphatic heterocycles. The number of hydrogen-bond acceptors (Lipinski definition) is 3. The van der Waals surface area contributed by atoms with Crippen LogP contribution in [-0.2, 0) is 21.2 Å². The van der Waals surface area contributed by atoms with Gasteiger partial charge in [0.05, 0.1) is 10.9 Å². The molecule has 1 heterocycles. The summed E-state index contributed by atoms with van der Waals surface area (Å²) in [5, 5.41) is 2.91. The molecule has 0 aliphatic carbocycles. The number of amides is 1. The van der Waals surface area contributed by atoms with E-state index in [0.29, 0.717) is 19.5 Å². The van der Waals surface area contributed by atoms with E-state index in [1.165, 1.54) is 4.31 Å². The van der Waals surface area contributed by atoms with Gasteiger partial charge in [0.25, 0.3) is 0 Å². The predicted octanol–water partition coefficient (Wildman–Crippen LogP) is 4.04. The number of carbonyl (C=O) groups excluding carboxylic acids is 1. The zero-order valence-corrected chi connectivity index (χ0v) is 18.3. The van der Waals surface area contributed by atoms with E-state index >= 15 is 0 Å². The number of sulfonamides is 1. The van der Waals surface area contributed by atoms with Gasteiger partial charge in [0, 0.05) is 24.0 Å². The van der Waals surface area contributed by atoms with Crippen LogP contribution in [0.25, 0.3) is 0 Å². The third kappa shape index (κ3) is 4.64. The lowest BCUT2D eigenvalue weighted by Gasteiger charge is -2.36. The lowest BCUT2D eigenvalue weighted by molar-refractivity contribution is -0.122. The number of rotatable bonds is 7. The Hall–Kier alpha value is -1.70. The molecule has 1 amide bonds. The molecule has 0 saturated carbocycles. The summed E-state index contributed by atoms with van der Waals surface area (Å²) < 4.78 is 29.0. The summed E-state index contributed by atoms with van der Waals surface area (Å²) in [5.74, 6) is -0.119. The lowest BCUT2D eigenvalue weighted by atomic mass is 9.92. The van der Waals surface area contributed by atoms with Gasteiger partial charge in [-0.1, -0.05) is 53.5 Å². The highest BCUT2D eigenvalue weighted by molar-refractivity contribution is 9.10. The van der Waals surface area contributed by atoms with Gasteiger partial charge in [-0.2, -0.15) is 4.31 Å². The maximum absolute atomic E-state index is 13.3. The minimum absolute atomic E-state index is 0.119. The smallest absolute Gasteiger partial charge is 0.243 e. The average Bonchev–Trinajstić information content (AvgIpc) is 2.68. The molecule has 0 unspecified atom stereocenters. The average molecular weight is 465 g/mol. The molecular weight excluding hydrogens is 440 g/mol. The molecule has 5 nitrogen and oxygen atoms in total. The molecule has 0 aromatic heterocycles. The standard InChI is InChI=1S/C21H25BrN2O3S/c1-2-3-13-23-21(25)15-20-19-7-5-4-6-16(19)12-14-24(20)28(26,27)18-10-8-17(22)9-11-18/h4-11,20H,2-3,12-15H2,1H3,(H,23,25)/t20-/m0/s1. The number of nitrogens with zero attached hydrogens (tertiary/aromatic N) is 1. The van der Waals surface area contributed by atoms with Crippen molar-refractivity contribution in [3.05, 3.63) is 64.1 Å². The van der Waals surface area contributed by atoms with Crippen LogP contribution in [0.15, 0.2) is 57.9 Å². The molecule has 0 spiro atoms. The van der Waals surface area contributed by atoms with Crippen LogP contribution in [0.1, 0.15) is 43.4 Å². The van der Waals surface area contributed by atoms with Crippen molar-refractivity contribution in [1.82, 2.24) is 9.62 Å². The van der Waals surface area contributed by atoms with Gasteiger partial charge in [0.15, 0.2) is 0 Å². The number of fused-ring (bicyclic) bond motifs is 1. The minimum atomic E-state index is -3.71. The zero-order valence-electron chi connectivity index (χ0n) is 15.9. The molecule has 28 heavy (non-hydrogen) atoms. The molecule has 0 saturated heterocycles. The Labute approximate surface area is 175 Å². The largest absolute Gasteiger partial charge is 0.356 e. The van der Waals surface area contributed by atoms with E-state index in [4.69, 9.17) is 0 Å². The van der Waals surface area contributed by atoms with Crippen molar-refractivity contribution in [2.45, 2.75) is 43.5 Å². The van der Waals surface area contributed by atoms with Gasteiger partial charge < -0.3 is 5.32 Å². The summed E-state index contributed by atoms with van der Waals surface area (Å²) in [6.45, 7) is 3.04. The number of nitrogens with one attached hydrogen (secondary N) is 1. The fourth-order valence-corrected chi connectivity index (χ4v) is 5.39. The van der Waals surface area contributed by atoms with Gasteiger partial charge in [-0.25, -0.2) is 8.42 Å². The minimum Gasteiger partial charge on any atom is -0.356 e. The predicted molar refractivity (Wildman–Crippen MR) is 113 cm³/mol. The molecule has 0 fully saturated rings. The SMILES string of the molecule is CCCCNC(=O)C[C@H]1c2ccccc2CCN1S(=O)(=O)c1ccc(Br)cc1. The Morgan fingerprint density at radius 1 is 1.18 bits per heavy atom. The molecule has 1 aliphatic rings. The van der Waals surface area contributed by atoms with Crippen LogP contribution >= 0.6 is 15.9 Å². The molecule has 2 aromatic carbocycles. The molecule has 0 radical (unpaired) electrons. The summed E-state index contributed by atoms with van der Waals surface area (Å²) in [4.78, 5) is 12.8. The highest BCUT2D eigenvalue weighted by atomic mass is 79.9. The molecule has 150 valence electrons. The van der Waals surface area contributed by atoms with Gasteiger partial charge >= 0.3 is 0 Å². The van der Waals surface area contributed by atoms with Gasteiger partial charge in [0.2, 0.25) is 15.9 Å². The van der Waals surface area contributed by atoms with Crippen LogP contribution in [0, 0.1) is 0 Å². The van der Waals surface area contributed by atoms with E-state index < -0.39 is 16.1 Å². The van der Waals surface area contributed by atoms with Crippen molar-refractivity contribution in [2.24, 2.45) is 0 Å².